The van der Waals surface area contributed by atoms with Crippen LogP contribution >= 0.6 is 11.3 Å². The van der Waals surface area contributed by atoms with Crippen molar-refractivity contribution in [2.75, 3.05) is 32.1 Å². The maximum absolute atomic E-state index is 13.6. The Balaban J connectivity index is 1.80. The summed E-state index contributed by atoms with van der Waals surface area (Å²) in [5.41, 5.74) is 2.82. The predicted octanol–water partition coefficient (Wildman–Crippen LogP) is 4.97. The van der Waals surface area contributed by atoms with Crippen LogP contribution in [0.5, 0.6) is 0 Å². The zero-order chi connectivity index (χ0) is 19.7. The number of aromatic nitrogens is 1. The Morgan fingerprint density at radius 3 is 2.50 bits per heavy atom. The molecule has 5 heteroatoms. The summed E-state index contributed by atoms with van der Waals surface area (Å²) in [7, 11) is 4.03. The molecule has 0 saturated heterocycles. The molecule has 0 aliphatic heterocycles. The lowest BCUT2D eigenvalue weighted by Gasteiger charge is -2.22. The van der Waals surface area contributed by atoms with E-state index in [0.29, 0.717) is 12.1 Å². The molecule has 28 heavy (non-hydrogen) atoms. The van der Waals surface area contributed by atoms with E-state index < -0.39 is 0 Å². The van der Waals surface area contributed by atoms with Crippen molar-refractivity contribution in [1.29, 1.82) is 0 Å². The van der Waals surface area contributed by atoms with Crippen LogP contribution in [0.3, 0.4) is 0 Å². The van der Waals surface area contributed by atoms with Crippen LogP contribution in [0.1, 0.15) is 15.9 Å². The van der Waals surface area contributed by atoms with Gasteiger partial charge in [-0.15, -0.1) is 0 Å². The van der Waals surface area contributed by atoms with Gasteiger partial charge in [0.2, 0.25) is 0 Å². The van der Waals surface area contributed by atoms with Crippen LogP contribution in [0, 0.1) is 6.92 Å². The standard InChI is InChI=1S/C23H23N3OS/c1-16-8-6-13-20-21(16)24-23(28-20)26(15-14-25(2)3)22(27)19-12-7-10-17-9-4-5-11-18(17)19/h4-13H,14-15H2,1-3H3. The van der Waals surface area contributed by atoms with E-state index in [4.69, 9.17) is 4.98 Å². The van der Waals surface area contributed by atoms with E-state index >= 15 is 0 Å². The average Bonchev–Trinajstić information content (AvgIpc) is 3.12. The molecule has 0 spiro atoms. The Morgan fingerprint density at radius 1 is 0.964 bits per heavy atom. The van der Waals surface area contributed by atoms with E-state index in [-0.39, 0.29) is 5.91 Å². The van der Waals surface area contributed by atoms with Crippen molar-refractivity contribution in [2.45, 2.75) is 6.92 Å². The Kier molecular flexibility index (Phi) is 5.11. The highest BCUT2D eigenvalue weighted by molar-refractivity contribution is 7.22. The van der Waals surface area contributed by atoms with Crippen molar-refractivity contribution in [2.24, 2.45) is 0 Å². The number of anilines is 1. The summed E-state index contributed by atoms with van der Waals surface area (Å²) < 4.78 is 1.11. The van der Waals surface area contributed by atoms with Crippen LogP contribution in [-0.2, 0) is 0 Å². The van der Waals surface area contributed by atoms with Crippen molar-refractivity contribution >= 4 is 43.4 Å². The van der Waals surface area contributed by atoms with Crippen LogP contribution in [0.25, 0.3) is 21.0 Å². The number of benzene rings is 3. The summed E-state index contributed by atoms with van der Waals surface area (Å²) in [6.07, 6.45) is 0. The van der Waals surface area contributed by atoms with E-state index in [1.165, 1.54) is 0 Å². The minimum atomic E-state index is -0.00430. The number of carbonyl (C=O) groups excluding carboxylic acids is 1. The fraction of sp³-hybridized carbons (Fsp3) is 0.217. The van der Waals surface area contributed by atoms with Crippen molar-refractivity contribution in [3.05, 3.63) is 71.8 Å². The van der Waals surface area contributed by atoms with Gasteiger partial charge >= 0.3 is 0 Å². The molecule has 1 aromatic heterocycles. The third-order valence-corrected chi connectivity index (χ3v) is 5.92. The fourth-order valence-corrected chi connectivity index (χ4v) is 4.40. The third kappa shape index (κ3) is 3.51. The second kappa shape index (κ2) is 7.70. The minimum Gasteiger partial charge on any atom is -0.308 e. The SMILES string of the molecule is Cc1cccc2sc(N(CCN(C)C)C(=O)c3cccc4ccccc34)nc12. The van der Waals surface area contributed by atoms with E-state index in [0.717, 1.165) is 38.2 Å². The second-order valence-electron chi connectivity index (χ2n) is 7.20. The Bertz CT molecular complexity index is 1140. The minimum absolute atomic E-state index is 0.00430. The number of amides is 1. The monoisotopic (exact) mass is 389 g/mol. The van der Waals surface area contributed by atoms with Gasteiger partial charge in [0.1, 0.15) is 0 Å². The van der Waals surface area contributed by atoms with Crippen molar-refractivity contribution < 1.29 is 4.79 Å². The van der Waals surface area contributed by atoms with E-state index in [1.54, 1.807) is 11.3 Å². The van der Waals surface area contributed by atoms with E-state index in [1.807, 2.05) is 67.5 Å². The molecule has 0 aliphatic carbocycles. The number of nitrogens with zero attached hydrogens (tertiary/aromatic N) is 3. The molecule has 0 unspecified atom stereocenters. The lowest BCUT2D eigenvalue weighted by atomic mass is 10.0. The maximum Gasteiger partial charge on any atom is 0.260 e. The summed E-state index contributed by atoms with van der Waals surface area (Å²) in [6.45, 7) is 3.42. The summed E-state index contributed by atoms with van der Waals surface area (Å²) in [6, 6.07) is 20.1. The average molecular weight is 390 g/mol. The number of hydrogen-bond acceptors (Lipinski definition) is 4. The molecular weight excluding hydrogens is 366 g/mol. The van der Waals surface area contributed by atoms with Gasteiger partial charge in [0.05, 0.1) is 10.2 Å². The van der Waals surface area contributed by atoms with Crippen LogP contribution < -0.4 is 4.90 Å². The third-order valence-electron chi connectivity index (χ3n) is 4.88. The fourth-order valence-electron chi connectivity index (χ4n) is 3.33. The zero-order valence-electron chi connectivity index (χ0n) is 16.3. The first-order chi connectivity index (χ1) is 13.5. The van der Waals surface area contributed by atoms with E-state index in [2.05, 4.69) is 24.0 Å². The van der Waals surface area contributed by atoms with Gasteiger partial charge in [-0.2, -0.15) is 0 Å². The Labute approximate surface area is 169 Å². The van der Waals surface area contributed by atoms with E-state index in [9.17, 15) is 4.79 Å². The second-order valence-corrected chi connectivity index (χ2v) is 8.21. The van der Waals surface area contributed by atoms with Gasteiger partial charge in [-0.05, 0) is 49.5 Å². The quantitative estimate of drug-likeness (QED) is 0.484. The summed E-state index contributed by atoms with van der Waals surface area (Å²) >= 11 is 1.58. The molecule has 0 bridgehead atoms. The van der Waals surface area contributed by atoms with Crippen LogP contribution in [0.2, 0.25) is 0 Å². The molecule has 0 fully saturated rings. The van der Waals surface area contributed by atoms with Gasteiger partial charge in [0.15, 0.2) is 5.13 Å². The summed E-state index contributed by atoms with van der Waals surface area (Å²) in [5.74, 6) is -0.00430. The molecule has 3 aromatic carbocycles. The number of para-hydroxylation sites is 1. The maximum atomic E-state index is 13.6. The molecule has 0 aliphatic rings. The summed E-state index contributed by atoms with van der Waals surface area (Å²) in [4.78, 5) is 22.3. The predicted molar refractivity (Wildman–Crippen MR) is 119 cm³/mol. The molecule has 142 valence electrons. The first-order valence-electron chi connectivity index (χ1n) is 9.35. The number of aryl methyl sites for hydroxylation is 1. The lowest BCUT2D eigenvalue weighted by Crippen LogP contribution is -2.36. The first kappa shape index (κ1) is 18.6. The number of thiazole rings is 1. The van der Waals surface area contributed by atoms with Crippen LogP contribution in [0.4, 0.5) is 5.13 Å². The van der Waals surface area contributed by atoms with Gasteiger partial charge < -0.3 is 4.90 Å². The smallest absolute Gasteiger partial charge is 0.260 e. The molecule has 0 N–H and O–H groups in total. The van der Waals surface area contributed by atoms with Gasteiger partial charge in [-0.3, -0.25) is 9.69 Å². The molecular formula is C23H23N3OS. The van der Waals surface area contributed by atoms with Gasteiger partial charge in [0.25, 0.3) is 5.91 Å². The number of carbonyl (C=O) groups is 1. The van der Waals surface area contributed by atoms with Crippen molar-refractivity contribution in [3.63, 3.8) is 0 Å². The highest BCUT2D eigenvalue weighted by Crippen LogP contribution is 2.32. The molecule has 4 aromatic rings. The molecule has 1 heterocycles. The molecule has 4 rings (SSSR count). The van der Waals surface area contributed by atoms with Gasteiger partial charge in [-0.1, -0.05) is 59.9 Å². The topological polar surface area (TPSA) is 36.4 Å². The molecule has 1 amide bonds. The molecule has 4 nitrogen and oxygen atoms in total. The molecule has 0 saturated carbocycles. The van der Waals surface area contributed by atoms with Crippen molar-refractivity contribution in [1.82, 2.24) is 9.88 Å². The van der Waals surface area contributed by atoms with Crippen LogP contribution in [-0.4, -0.2) is 43.0 Å². The number of fused-ring (bicyclic) bond motifs is 2. The largest absolute Gasteiger partial charge is 0.308 e. The van der Waals surface area contributed by atoms with Gasteiger partial charge in [0, 0.05) is 18.7 Å². The van der Waals surface area contributed by atoms with Crippen LogP contribution in [0.15, 0.2) is 60.7 Å². The Morgan fingerprint density at radius 2 is 1.71 bits per heavy atom. The highest BCUT2D eigenvalue weighted by Gasteiger charge is 2.23. The van der Waals surface area contributed by atoms with Crippen molar-refractivity contribution in [3.8, 4) is 0 Å². The lowest BCUT2D eigenvalue weighted by molar-refractivity contribution is 0.0987. The highest BCUT2D eigenvalue weighted by atomic mass is 32.1. The zero-order valence-corrected chi connectivity index (χ0v) is 17.2. The first-order valence-corrected chi connectivity index (χ1v) is 10.2. The number of hydrogen-bond donors (Lipinski definition) is 0. The van der Waals surface area contributed by atoms with Gasteiger partial charge in [-0.25, -0.2) is 4.98 Å². The normalized spacial score (nSPS) is 11.4. The number of likely N-dealkylation sites (N-methyl/N-ethyl adjacent to an activating group) is 1. The Hall–Kier alpha value is -2.76. The summed E-state index contributed by atoms with van der Waals surface area (Å²) in [5, 5.41) is 2.80. The molecule has 0 atom stereocenters. The molecule has 0 radical (unpaired) electrons. The number of rotatable bonds is 5.